The number of aliphatic imine (C=N–C) groups is 1. The van der Waals surface area contributed by atoms with Crippen molar-refractivity contribution in [2.75, 3.05) is 20.2 Å². The average molecular weight is 521 g/mol. The Hall–Kier alpha value is -0.570. The Morgan fingerprint density at radius 3 is 2.45 bits per heavy atom. The maximum atomic E-state index is 12.4. The van der Waals surface area contributed by atoms with Crippen LogP contribution in [0.2, 0.25) is 0 Å². The predicted octanol–water partition coefficient (Wildman–Crippen LogP) is 3.74. The number of nitrogens with zero attached hydrogens (tertiary/aromatic N) is 1. The summed E-state index contributed by atoms with van der Waals surface area (Å²) in [6.07, 6.45) is 13.5. The Morgan fingerprint density at radius 2 is 1.79 bits per heavy atom. The highest BCUT2D eigenvalue weighted by atomic mass is 127. The molecule has 0 radical (unpaired) electrons. The molecule has 0 heterocycles. The van der Waals surface area contributed by atoms with Crippen LogP contribution in [-0.2, 0) is 9.53 Å². The Balaban J connectivity index is 0.00000300. The first kappa shape index (κ1) is 24.7. The van der Waals surface area contributed by atoms with E-state index in [1.165, 1.54) is 19.3 Å². The molecule has 3 aliphatic carbocycles. The highest BCUT2D eigenvalue weighted by molar-refractivity contribution is 14.0. The molecule has 3 fully saturated rings. The van der Waals surface area contributed by atoms with Gasteiger partial charge in [0.15, 0.2) is 5.96 Å². The van der Waals surface area contributed by atoms with Gasteiger partial charge in [0.25, 0.3) is 0 Å². The quantitative estimate of drug-likeness (QED) is 0.259. The van der Waals surface area contributed by atoms with Crippen LogP contribution in [0.1, 0.15) is 84.0 Å². The molecular weight excluding hydrogens is 479 g/mol. The fraction of sp³-hybridized carbons (Fsp3) is 0.909. The lowest BCUT2D eigenvalue weighted by Crippen LogP contribution is -2.52. The number of guanidine groups is 1. The zero-order chi connectivity index (χ0) is 19.8. The van der Waals surface area contributed by atoms with E-state index in [-0.39, 0.29) is 41.4 Å². The van der Waals surface area contributed by atoms with Crippen molar-refractivity contribution in [3.8, 4) is 0 Å². The van der Waals surface area contributed by atoms with Gasteiger partial charge in [-0.3, -0.25) is 9.79 Å². The summed E-state index contributed by atoms with van der Waals surface area (Å²) in [5, 5.41) is 10.3. The molecule has 2 unspecified atom stereocenters. The molecule has 0 aliphatic heterocycles. The lowest BCUT2D eigenvalue weighted by molar-refractivity contribution is -0.126. The van der Waals surface area contributed by atoms with Crippen LogP contribution in [0, 0.1) is 5.92 Å². The molecule has 0 aromatic carbocycles. The molecule has 0 aromatic rings. The SMILES string of the molecule is CCCOC1(CNC(=NC)NC2CCCC(C(=O)NC3CC3)C2)CCCCC1.I. The highest BCUT2D eigenvalue weighted by Gasteiger charge is 2.34. The van der Waals surface area contributed by atoms with Crippen molar-refractivity contribution < 1.29 is 9.53 Å². The number of rotatable bonds is 8. The van der Waals surface area contributed by atoms with E-state index in [9.17, 15) is 4.79 Å². The molecule has 3 N–H and O–H groups in total. The van der Waals surface area contributed by atoms with Crippen molar-refractivity contribution in [1.82, 2.24) is 16.0 Å². The first-order chi connectivity index (χ1) is 13.6. The van der Waals surface area contributed by atoms with Crippen LogP contribution in [0.3, 0.4) is 0 Å². The van der Waals surface area contributed by atoms with Gasteiger partial charge in [-0.2, -0.15) is 0 Å². The molecule has 3 saturated carbocycles. The summed E-state index contributed by atoms with van der Waals surface area (Å²) >= 11 is 0. The molecule has 0 saturated heterocycles. The number of halogens is 1. The van der Waals surface area contributed by atoms with Gasteiger partial charge in [0.1, 0.15) is 0 Å². The van der Waals surface area contributed by atoms with Crippen molar-refractivity contribution in [2.24, 2.45) is 10.9 Å². The second-order valence-electron chi connectivity index (χ2n) is 9.01. The van der Waals surface area contributed by atoms with E-state index in [2.05, 4.69) is 27.9 Å². The van der Waals surface area contributed by atoms with Gasteiger partial charge in [-0.1, -0.05) is 32.6 Å². The smallest absolute Gasteiger partial charge is 0.223 e. The van der Waals surface area contributed by atoms with E-state index in [4.69, 9.17) is 4.74 Å². The van der Waals surface area contributed by atoms with Gasteiger partial charge >= 0.3 is 0 Å². The number of hydrogen-bond donors (Lipinski definition) is 3. The minimum atomic E-state index is -0.0505. The molecule has 0 spiro atoms. The summed E-state index contributed by atoms with van der Waals surface area (Å²) in [5.74, 6) is 1.24. The van der Waals surface area contributed by atoms with E-state index >= 15 is 0 Å². The fourth-order valence-corrected chi connectivity index (χ4v) is 4.63. The Kier molecular flexibility index (Phi) is 10.5. The monoisotopic (exact) mass is 520 g/mol. The van der Waals surface area contributed by atoms with Gasteiger partial charge in [-0.05, 0) is 51.4 Å². The van der Waals surface area contributed by atoms with E-state index in [1.807, 2.05) is 7.05 Å². The van der Waals surface area contributed by atoms with Crippen molar-refractivity contribution in [3.05, 3.63) is 0 Å². The summed E-state index contributed by atoms with van der Waals surface area (Å²) in [6.45, 7) is 3.81. The number of nitrogens with one attached hydrogen (secondary N) is 3. The molecule has 29 heavy (non-hydrogen) atoms. The van der Waals surface area contributed by atoms with Crippen LogP contribution in [0.15, 0.2) is 4.99 Å². The largest absolute Gasteiger partial charge is 0.373 e. The molecule has 6 nitrogen and oxygen atoms in total. The minimum Gasteiger partial charge on any atom is -0.373 e. The fourth-order valence-electron chi connectivity index (χ4n) is 4.63. The third-order valence-corrected chi connectivity index (χ3v) is 6.49. The Bertz CT molecular complexity index is 533. The normalized spacial score (nSPS) is 26.9. The van der Waals surface area contributed by atoms with Crippen LogP contribution in [0.25, 0.3) is 0 Å². The first-order valence-electron chi connectivity index (χ1n) is 11.6. The second-order valence-corrected chi connectivity index (χ2v) is 9.01. The first-order valence-corrected chi connectivity index (χ1v) is 11.6. The summed E-state index contributed by atoms with van der Waals surface area (Å²) < 4.78 is 6.30. The maximum Gasteiger partial charge on any atom is 0.223 e. The van der Waals surface area contributed by atoms with E-state index in [1.54, 1.807) is 0 Å². The molecule has 0 bridgehead atoms. The van der Waals surface area contributed by atoms with Crippen LogP contribution in [0.5, 0.6) is 0 Å². The van der Waals surface area contributed by atoms with Crippen LogP contribution in [0.4, 0.5) is 0 Å². The van der Waals surface area contributed by atoms with E-state index in [0.29, 0.717) is 12.1 Å². The third-order valence-electron chi connectivity index (χ3n) is 6.49. The number of carbonyl (C=O) groups excluding carboxylic acids is 1. The summed E-state index contributed by atoms with van der Waals surface area (Å²) in [7, 11) is 1.83. The topological polar surface area (TPSA) is 74.8 Å². The van der Waals surface area contributed by atoms with Crippen LogP contribution >= 0.6 is 24.0 Å². The van der Waals surface area contributed by atoms with Gasteiger partial charge in [0.2, 0.25) is 5.91 Å². The average Bonchev–Trinajstić information content (AvgIpc) is 3.54. The summed E-state index contributed by atoms with van der Waals surface area (Å²) in [6, 6.07) is 0.763. The lowest BCUT2D eigenvalue weighted by atomic mass is 9.84. The standard InChI is InChI=1S/C22H40N4O2.HI/c1-3-14-28-22(12-5-4-6-13-22)16-24-21(23-2)26-19-9-7-8-17(15-19)20(27)25-18-10-11-18;/h17-19H,3-16H2,1-2H3,(H,25,27)(H2,23,24,26);1H. The van der Waals surface area contributed by atoms with Gasteiger partial charge in [0, 0.05) is 38.2 Å². The molecule has 2 atom stereocenters. The lowest BCUT2D eigenvalue weighted by Gasteiger charge is -2.38. The minimum absolute atomic E-state index is 0. The molecule has 1 amide bonds. The van der Waals surface area contributed by atoms with Crippen molar-refractivity contribution in [1.29, 1.82) is 0 Å². The number of amides is 1. The maximum absolute atomic E-state index is 12.4. The summed E-state index contributed by atoms with van der Waals surface area (Å²) in [4.78, 5) is 16.9. The Labute approximate surface area is 193 Å². The molecule has 3 aliphatic rings. The zero-order valence-electron chi connectivity index (χ0n) is 18.3. The van der Waals surface area contributed by atoms with Crippen LogP contribution < -0.4 is 16.0 Å². The van der Waals surface area contributed by atoms with E-state index in [0.717, 1.165) is 76.9 Å². The molecule has 7 heteroatoms. The van der Waals surface area contributed by atoms with Gasteiger partial charge in [-0.15, -0.1) is 24.0 Å². The Morgan fingerprint density at radius 1 is 1.03 bits per heavy atom. The molecule has 168 valence electrons. The van der Waals surface area contributed by atoms with Crippen LogP contribution in [-0.4, -0.2) is 49.8 Å². The highest BCUT2D eigenvalue weighted by Crippen LogP contribution is 2.31. The van der Waals surface area contributed by atoms with Gasteiger partial charge in [0.05, 0.1) is 5.60 Å². The number of ether oxygens (including phenoxy) is 1. The zero-order valence-corrected chi connectivity index (χ0v) is 20.6. The molecular formula is C22H41IN4O2. The van der Waals surface area contributed by atoms with Crippen molar-refractivity contribution in [2.45, 2.75) is 102 Å². The second kappa shape index (κ2) is 12.3. The van der Waals surface area contributed by atoms with Crippen molar-refractivity contribution in [3.63, 3.8) is 0 Å². The molecule has 3 rings (SSSR count). The number of carbonyl (C=O) groups is 1. The van der Waals surface area contributed by atoms with E-state index < -0.39 is 0 Å². The predicted molar refractivity (Wildman–Crippen MR) is 129 cm³/mol. The number of hydrogen-bond acceptors (Lipinski definition) is 3. The van der Waals surface area contributed by atoms with Gasteiger partial charge < -0.3 is 20.7 Å². The third kappa shape index (κ3) is 7.89. The molecule has 0 aromatic heterocycles. The van der Waals surface area contributed by atoms with Crippen molar-refractivity contribution >= 4 is 35.8 Å². The summed E-state index contributed by atoms with van der Waals surface area (Å²) in [5.41, 5.74) is -0.0505. The van der Waals surface area contributed by atoms with Gasteiger partial charge in [-0.25, -0.2) is 0 Å².